The molecule has 0 amide bonds. The lowest BCUT2D eigenvalue weighted by Gasteiger charge is -2.23. The maximum absolute atomic E-state index is 12.8. The standard InChI is InChI=1S/C11H16F3N3OS/c1-3-4-17(5-6-18)9-7-8(11(12,13)14)15-10(16-9)19-2/h7,18H,3-6H2,1-2H3. The van der Waals surface area contributed by atoms with Gasteiger partial charge in [0.25, 0.3) is 0 Å². The molecule has 1 aromatic heterocycles. The Morgan fingerprint density at radius 1 is 1.32 bits per heavy atom. The number of rotatable bonds is 6. The van der Waals surface area contributed by atoms with Gasteiger partial charge in [-0.25, -0.2) is 9.97 Å². The molecule has 0 fully saturated rings. The van der Waals surface area contributed by atoms with Gasteiger partial charge in [-0.1, -0.05) is 18.7 Å². The highest BCUT2D eigenvalue weighted by Gasteiger charge is 2.34. The molecule has 0 saturated heterocycles. The molecule has 0 unspecified atom stereocenters. The molecule has 0 aliphatic carbocycles. The van der Waals surface area contributed by atoms with Gasteiger partial charge in [0.1, 0.15) is 5.82 Å². The Bertz CT molecular complexity index is 409. The van der Waals surface area contributed by atoms with Gasteiger partial charge in [-0.05, 0) is 12.7 Å². The quantitative estimate of drug-likeness (QED) is 0.645. The van der Waals surface area contributed by atoms with Crippen LogP contribution < -0.4 is 4.90 Å². The monoisotopic (exact) mass is 295 g/mol. The zero-order valence-corrected chi connectivity index (χ0v) is 11.6. The van der Waals surface area contributed by atoms with Gasteiger partial charge in [0.05, 0.1) is 6.61 Å². The average Bonchev–Trinajstić information content (AvgIpc) is 2.37. The number of halogens is 3. The molecule has 108 valence electrons. The lowest BCUT2D eigenvalue weighted by Crippen LogP contribution is -2.29. The van der Waals surface area contributed by atoms with Crippen LogP contribution in [0.15, 0.2) is 11.2 Å². The van der Waals surface area contributed by atoms with E-state index >= 15 is 0 Å². The summed E-state index contributed by atoms with van der Waals surface area (Å²) >= 11 is 1.06. The topological polar surface area (TPSA) is 49.2 Å². The van der Waals surface area contributed by atoms with Crippen molar-refractivity contribution >= 4 is 17.6 Å². The Balaban J connectivity index is 3.17. The van der Waals surface area contributed by atoms with Crippen molar-refractivity contribution in [3.05, 3.63) is 11.8 Å². The molecule has 1 N–H and O–H groups in total. The molecule has 0 aromatic carbocycles. The van der Waals surface area contributed by atoms with Gasteiger partial charge >= 0.3 is 6.18 Å². The molecular formula is C11H16F3N3OS. The van der Waals surface area contributed by atoms with Crippen LogP contribution in [-0.4, -0.2) is 41.0 Å². The molecule has 19 heavy (non-hydrogen) atoms. The largest absolute Gasteiger partial charge is 0.433 e. The van der Waals surface area contributed by atoms with Crippen LogP contribution in [0.1, 0.15) is 19.0 Å². The minimum atomic E-state index is -4.50. The number of hydrogen-bond donors (Lipinski definition) is 1. The van der Waals surface area contributed by atoms with Gasteiger partial charge in [-0.3, -0.25) is 0 Å². The number of aliphatic hydroxyl groups is 1. The summed E-state index contributed by atoms with van der Waals surface area (Å²) in [4.78, 5) is 9.15. The van der Waals surface area contributed by atoms with Crippen LogP contribution in [-0.2, 0) is 6.18 Å². The lowest BCUT2D eigenvalue weighted by molar-refractivity contribution is -0.141. The highest BCUT2D eigenvalue weighted by atomic mass is 32.2. The first-order chi connectivity index (χ1) is 8.92. The van der Waals surface area contributed by atoms with Crippen molar-refractivity contribution in [3.63, 3.8) is 0 Å². The summed E-state index contributed by atoms with van der Waals surface area (Å²) in [6.07, 6.45) is -2.13. The first kappa shape index (κ1) is 16.0. The Hall–Kier alpha value is -1.02. The summed E-state index contributed by atoms with van der Waals surface area (Å²) in [6, 6.07) is 0.922. The second-order valence-corrected chi connectivity index (χ2v) is 4.58. The molecule has 8 heteroatoms. The molecule has 4 nitrogen and oxygen atoms in total. The minimum absolute atomic E-state index is 0.0730. The summed E-state index contributed by atoms with van der Waals surface area (Å²) in [5.41, 5.74) is -0.958. The van der Waals surface area contributed by atoms with Crippen LogP contribution in [0.3, 0.4) is 0 Å². The van der Waals surface area contributed by atoms with Crippen molar-refractivity contribution in [2.45, 2.75) is 24.7 Å². The number of hydrogen-bond acceptors (Lipinski definition) is 5. The molecule has 0 radical (unpaired) electrons. The van der Waals surface area contributed by atoms with Crippen molar-refractivity contribution < 1.29 is 18.3 Å². The molecular weight excluding hydrogens is 279 g/mol. The third kappa shape index (κ3) is 4.54. The Morgan fingerprint density at radius 2 is 2.00 bits per heavy atom. The van der Waals surface area contributed by atoms with Crippen molar-refractivity contribution in [2.24, 2.45) is 0 Å². The first-order valence-electron chi connectivity index (χ1n) is 5.78. The molecule has 0 aliphatic rings. The maximum atomic E-state index is 12.8. The van der Waals surface area contributed by atoms with Crippen molar-refractivity contribution in [3.8, 4) is 0 Å². The molecule has 0 aliphatic heterocycles. The second kappa shape index (κ2) is 6.95. The van der Waals surface area contributed by atoms with Gasteiger partial charge in [-0.15, -0.1) is 0 Å². The van der Waals surface area contributed by atoms with E-state index in [0.29, 0.717) is 6.54 Å². The molecule has 0 spiro atoms. The van der Waals surface area contributed by atoms with Crippen LogP contribution in [0, 0.1) is 0 Å². The van der Waals surface area contributed by atoms with Gasteiger partial charge in [0, 0.05) is 19.2 Å². The van der Waals surface area contributed by atoms with E-state index in [1.807, 2.05) is 6.92 Å². The molecule has 1 aromatic rings. The predicted molar refractivity (Wildman–Crippen MR) is 68.4 cm³/mol. The van der Waals surface area contributed by atoms with E-state index in [4.69, 9.17) is 5.11 Å². The third-order valence-corrected chi connectivity index (χ3v) is 2.90. The van der Waals surface area contributed by atoms with Crippen molar-refractivity contribution in [2.75, 3.05) is 30.9 Å². The van der Waals surface area contributed by atoms with E-state index in [-0.39, 0.29) is 24.1 Å². The summed E-state index contributed by atoms with van der Waals surface area (Å²) in [5.74, 6) is 0.197. The number of aliphatic hydroxyl groups excluding tert-OH is 1. The van der Waals surface area contributed by atoms with Crippen molar-refractivity contribution in [1.82, 2.24) is 9.97 Å². The summed E-state index contributed by atoms with van der Waals surface area (Å²) in [5, 5.41) is 9.04. The van der Waals surface area contributed by atoms with Crippen LogP contribution in [0.25, 0.3) is 0 Å². The van der Waals surface area contributed by atoms with Crippen LogP contribution in [0.2, 0.25) is 0 Å². The molecule has 1 heterocycles. The number of aromatic nitrogens is 2. The summed E-state index contributed by atoms with van der Waals surface area (Å²) in [7, 11) is 0. The Morgan fingerprint density at radius 3 is 2.47 bits per heavy atom. The molecule has 1 rings (SSSR count). The second-order valence-electron chi connectivity index (χ2n) is 3.81. The SMILES string of the molecule is CCCN(CCO)c1cc(C(F)(F)F)nc(SC)n1. The normalized spacial score (nSPS) is 11.7. The van der Waals surface area contributed by atoms with Gasteiger partial charge < -0.3 is 10.0 Å². The maximum Gasteiger partial charge on any atom is 0.433 e. The molecule has 0 bridgehead atoms. The molecule has 0 saturated carbocycles. The van der Waals surface area contributed by atoms with Crippen LogP contribution >= 0.6 is 11.8 Å². The van der Waals surface area contributed by atoms with Gasteiger partial charge in [-0.2, -0.15) is 13.2 Å². The predicted octanol–water partition coefficient (Wildman–Crippen LogP) is 2.43. The zero-order chi connectivity index (χ0) is 14.5. The van der Waals surface area contributed by atoms with E-state index < -0.39 is 11.9 Å². The number of nitrogens with zero attached hydrogens (tertiary/aromatic N) is 3. The van der Waals surface area contributed by atoms with E-state index in [1.165, 1.54) is 0 Å². The third-order valence-electron chi connectivity index (χ3n) is 2.35. The summed E-state index contributed by atoms with van der Waals surface area (Å²) in [6.45, 7) is 2.55. The molecule has 0 atom stereocenters. The Labute approximate surface area is 114 Å². The first-order valence-corrected chi connectivity index (χ1v) is 7.01. The van der Waals surface area contributed by atoms with Gasteiger partial charge in [0.15, 0.2) is 10.9 Å². The lowest BCUT2D eigenvalue weighted by atomic mass is 10.3. The highest BCUT2D eigenvalue weighted by Crippen LogP contribution is 2.31. The average molecular weight is 295 g/mol. The van der Waals surface area contributed by atoms with Gasteiger partial charge in [0.2, 0.25) is 0 Å². The van der Waals surface area contributed by atoms with Crippen LogP contribution in [0.4, 0.5) is 19.0 Å². The fraction of sp³-hybridized carbons (Fsp3) is 0.636. The number of anilines is 1. The van der Waals surface area contributed by atoms with E-state index in [9.17, 15) is 13.2 Å². The van der Waals surface area contributed by atoms with E-state index in [2.05, 4.69) is 9.97 Å². The smallest absolute Gasteiger partial charge is 0.395 e. The zero-order valence-electron chi connectivity index (χ0n) is 10.7. The Kier molecular flexibility index (Phi) is 5.86. The fourth-order valence-electron chi connectivity index (χ4n) is 1.54. The van der Waals surface area contributed by atoms with Crippen LogP contribution in [0.5, 0.6) is 0 Å². The van der Waals surface area contributed by atoms with E-state index in [1.54, 1.807) is 11.2 Å². The number of alkyl halides is 3. The minimum Gasteiger partial charge on any atom is -0.395 e. The number of thioether (sulfide) groups is 1. The van der Waals surface area contributed by atoms with E-state index in [0.717, 1.165) is 24.2 Å². The van der Waals surface area contributed by atoms with Crippen molar-refractivity contribution in [1.29, 1.82) is 0 Å². The highest BCUT2D eigenvalue weighted by molar-refractivity contribution is 7.98. The summed E-state index contributed by atoms with van der Waals surface area (Å²) < 4.78 is 38.3. The fourth-order valence-corrected chi connectivity index (χ4v) is 1.92.